The molecule has 2 aromatic rings. The maximum Gasteiger partial charge on any atom is 0.306 e. The predicted molar refractivity (Wildman–Crippen MR) is 156 cm³/mol. The van der Waals surface area contributed by atoms with Crippen LogP contribution in [0.1, 0.15) is 98.8 Å². The second-order valence-corrected chi connectivity index (χ2v) is 15.7. The van der Waals surface area contributed by atoms with E-state index in [4.69, 9.17) is 4.43 Å². The highest BCUT2D eigenvalue weighted by atomic mass is 28.4. The predicted octanol–water partition coefficient (Wildman–Crippen LogP) is 7.82. The zero-order valence-corrected chi connectivity index (χ0v) is 24.5. The largest absolute Gasteiger partial charge is 0.481 e. The molecule has 0 heterocycles. The summed E-state index contributed by atoms with van der Waals surface area (Å²) in [4.78, 5) is 12.5. The van der Waals surface area contributed by atoms with Gasteiger partial charge in [-0.25, -0.2) is 0 Å². The van der Waals surface area contributed by atoms with Crippen LogP contribution in [0.3, 0.4) is 0 Å². The van der Waals surface area contributed by atoms with Gasteiger partial charge >= 0.3 is 5.97 Å². The summed E-state index contributed by atoms with van der Waals surface area (Å²) in [6, 6.07) is 21.4. The van der Waals surface area contributed by atoms with Gasteiger partial charge in [-0.05, 0) is 34.2 Å². The Bertz CT molecular complexity index is 820. The molecule has 0 bridgehead atoms. The van der Waals surface area contributed by atoms with E-state index in [2.05, 4.69) is 95.3 Å². The Hall–Kier alpha value is -1.91. The van der Waals surface area contributed by atoms with Crippen molar-refractivity contribution in [3.63, 3.8) is 0 Å². The third-order valence-corrected chi connectivity index (χ3v) is 12.6. The molecule has 0 aliphatic heterocycles. The first kappa shape index (κ1) is 30.3. The van der Waals surface area contributed by atoms with Gasteiger partial charge in [-0.15, -0.1) is 0 Å². The first-order valence-corrected chi connectivity index (χ1v) is 16.2. The molecule has 0 spiro atoms. The van der Waals surface area contributed by atoms with Gasteiger partial charge in [0.2, 0.25) is 0 Å². The van der Waals surface area contributed by atoms with Crippen molar-refractivity contribution in [1.29, 1.82) is 0 Å². The van der Waals surface area contributed by atoms with E-state index in [0.29, 0.717) is 6.61 Å². The number of hydrogen-bond acceptors (Lipinski definition) is 2. The first-order valence-electron chi connectivity index (χ1n) is 14.3. The zero-order chi connectivity index (χ0) is 26.4. The van der Waals surface area contributed by atoms with E-state index in [0.717, 1.165) is 44.9 Å². The van der Waals surface area contributed by atoms with Gasteiger partial charge < -0.3 is 9.53 Å². The van der Waals surface area contributed by atoms with Crippen LogP contribution in [0, 0.1) is 11.8 Å². The summed E-state index contributed by atoms with van der Waals surface area (Å²) < 4.78 is 7.22. The van der Waals surface area contributed by atoms with E-state index in [1.165, 1.54) is 29.6 Å². The molecule has 0 fully saturated rings. The lowest BCUT2D eigenvalue weighted by Gasteiger charge is -2.44. The van der Waals surface area contributed by atoms with E-state index in [1.54, 1.807) is 0 Å². The third-order valence-electron chi connectivity index (χ3n) is 7.61. The highest BCUT2D eigenvalue weighted by Gasteiger charge is 2.50. The van der Waals surface area contributed by atoms with Crippen molar-refractivity contribution in [3.8, 4) is 0 Å². The van der Waals surface area contributed by atoms with Crippen molar-refractivity contribution in [2.24, 2.45) is 11.8 Å². The summed E-state index contributed by atoms with van der Waals surface area (Å²) in [6.45, 7) is 11.8. The van der Waals surface area contributed by atoms with Gasteiger partial charge in [0.05, 0.1) is 5.92 Å². The van der Waals surface area contributed by atoms with Crippen molar-refractivity contribution >= 4 is 24.7 Å². The normalized spacial score (nSPS) is 13.9. The Morgan fingerprint density at radius 1 is 0.778 bits per heavy atom. The van der Waals surface area contributed by atoms with Crippen molar-refractivity contribution in [1.82, 2.24) is 0 Å². The minimum absolute atomic E-state index is 0.0302. The van der Waals surface area contributed by atoms with E-state index in [-0.39, 0.29) is 16.9 Å². The van der Waals surface area contributed by atoms with Crippen LogP contribution in [0.25, 0.3) is 0 Å². The first-order chi connectivity index (χ1) is 17.3. The molecule has 0 aliphatic rings. The highest BCUT2D eigenvalue weighted by molar-refractivity contribution is 6.99. The number of rotatable bonds is 17. The topological polar surface area (TPSA) is 46.5 Å². The molecule has 0 saturated carbocycles. The minimum atomic E-state index is -2.68. The van der Waals surface area contributed by atoms with Crippen molar-refractivity contribution < 1.29 is 14.3 Å². The maximum atomic E-state index is 12.5. The summed E-state index contributed by atoms with van der Waals surface area (Å²) in [5.41, 5.74) is 0. The van der Waals surface area contributed by atoms with E-state index in [1.807, 2.05) is 0 Å². The number of hydrogen-bond donors (Lipinski definition) is 1. The van der Waals surface area contributed by atoms with E-state index in [9.17, 15) is 9.90 Å². The van der Waals surface area contributed by atoms with Crippen molar-refractivity contribution in [2.45, 2.75) is 104 Å². The number of carboxylic acid groups (broad SMARTS) is 1. The van der Waals surface area contributed by atoms with E-state index < -0.39 is 14.3 Å². The lowest BCUT2D eigenvalue weighted by atomic mass is 9.84. The molecule has 0 amide bonds. The standard InChI is InChI=1S/C32H50O3Si/c1-6-8-10-14-20-27(30(31(33)34)25-19-11-9-7-2)26-35-36(32(3,4)5,28-21-15-12-16-22-28)29-23-17-13-18-24-29/h12-13,15-18,21-24,27,30H,6-11,14,19-20,25-26H2,1-5H3,(H,33,34). The number of benzene rings is 2. The molecule has 2 rings (SSSR count). The highest BCUT2D eigenvalue weighted by Crippen LogP contribution is 2.38. The Balaban J connectivity index is 2.42. The Morgan fingerprint density at radius 3 is 1.67 bits per heavy atom. The van der Waals surface area contributed by atoms with E-state index >= 15 is 0 Å². The molecule has 2 aromatic carbocycles. The molecule has 0 saturated heterocycles. The molecular weight excluding hydrogens is 460 g/mol. The molecule has 0 radical (unpaired) electrons. The van der Waals surface area contributed by atoms with Gasteiger partial charge in [0, 0.05) is 6.61 Å². The van der Waals surface area contributed by atoms with Crippen LogP contribution in [0.15, 0.2) is 60.7 Å². The Labute approximate surface area is 221 Å². The molecule has 1 N–H and O–H groups in total. The SMILES string of the molecule is CCCCCCC(CO[Si](c1ccccc1)(c1ccccc1)C(C)(C)C)C(CCCCCC)C(=O)O. The number of unbranched alkanes of at least 4 members (excludes halogenated alkanes) is 6. The van der Waals surface area contributed by atoms with Crippen LogP contribution in [-0.2, 0) is 9.22 Å². The molecule has 200 valence electrons. The van der Waals surface area contributed by atoms with Crippen LogP contribution in [0.4, 0.5) is 0 Å². The van der Waals surface area contributed by atoms with Gasteiger partial charge in [0.15, 0.2) is 0 Å². The molecule has 2 atom stereocenters. The lowest BCUT2D eigenvalue weighted by molar-refractivity contribution is -0.144. The molecule has 36 heavy (non-hydrogen) atoms. The zero-order valence-electron chi connectivity index (χ0n) is 23.5. The molecule has 0 aliphatic carbocycles. The maximum absolute atomic E-state index is 12.5. The second kappa shape index (κ2) is 15.4. The van der Waals surface area contributed by atoms with Gasteiger partial charge in [0.1, 0.15) is 0 Å². The summed E-state index contributed by atoms with van der Waals surface area (Å²) in [5, 5.41) is 12.7. The fourth-order valence-corrected chi connectivity index (χ4v) is 10.2. The monoisotopic (exact) mass is 510 g/mol. The van der Waals surface area contributed by atoms with Gasteiger partial charge in [-0.1, -0.05) is 147 Å². The fourth-order valence-electron chi connectivity index (χ4n) is 5.58. The van der Waals surface area contributed by atoms with Crippen molar-refractivity contribution in [2.75, 3.05) is 6.61 Å². The summed E-state index contributed by atoms with van der Waals surface area (Å²) in [6.07, 6.45) is 10.7. The molecule has 3 nitrogen and oxygen atoms in total. The molecule has 0 aromatic heterocycles. The van der Waals surface area contributed by atoms with Crippen LogP contribution >= 0.6 is 0 Å². The Morgan fingerprint density at radius 2 is 1.25 bits per heavy atom. The van der Waals surface area contributed by atoms with Gasteiger partial charge in [0.25, 0.3) is 8.32 Å². The minimum Gasteiger partial charge on any atom is -0.481 e. The number of carboxylic acids is 1. The van der Waals surface area contributed by atoms with Crippen LogP contribution in [0.5, 0.6) is 0 Å². The summed E-state index contributed by atoms with van der Waals surface area (Å²) >= 11 is 0. The quantitative estimate of drug-likeness (QED) is 0.174. The summed E-state index contributed by atoms with van der Waals surface area (Å²) in [7, 11) is -2.68. The number of aliphatic carboxylic acids is 1. The van der Waals surface area contributed by atoms with Crippen molar-refractivity contribution in [3.05, 3.63) is 60.7 Å². The average molecular weight is 511 g/mol. The molecule has 4 heteroatoms. The lowest BCUT2D eigenvalue weighted by Crippen LogP contribution is -2.67. The fraction of sp³-hybridized carbons (Fsp3) is 0.594. The third kappa shape index (κ3) is 8.31. The van der Waals surface area contributed by atoms with Crippen LogP contribution in [-0.4, -0.2) is 26.0 Å². The Kier molecular flexibility index (Phi) is 12.9. The smallest absolute Gasteiger partial charge is 0.306 e. The van der Waals surface area contributed by atoms with Crippen LogP contribution < -0.4 is 10.4 Å². The second-order valence-electron chi connectivity index (χ2n) is 11.4. The van der Waals surface area contributed by atoms with Gasteiger partial charge in [-0.2, -0.15) is 0 Å². The van der Waals surface area contributed by atoms with Gasteiger partial charge in [-0.3, -0.25) is 4.79 Å². The summed E-state index contributed by atoms with van der Waals surface area (Å²) in [5.74, 6) is -0.970. The average Bonchev–Trinajstić information content (AvgIpc) is 2.86. The molecule has 2 unspecified atom stereocenters. The van der Waals surface area contributed by atoms with Crippen LogP contribution in [0.2, 0.25) is 5.04 Å². The number of carbonyl (C=O) groups is 1. The molecular formula is C32H50O3Si.